The third-order valence-corrected chi connectivity index (χ3v) is 3.85. The van der Waals surface area contributed by atoms with Crippen molar-refractivity contribution in [2.75, 3.05) is 38.6 Å². The van der Waals surface area contributed by atoms with Crippen LogP contribution in [0.2, 0.25) is 0 Å². The van der Waals surface area contributed by atoms with E-state index in [0.29, 0.717) is 17.9 Å². The molecule has 1 fully saturated rings. The summed E-state index contributed by atoms with van der Waals surface area (Å²) in [5.74, 6) is 0.657. The van der Waals surface area contributed by atoms with Gasteiger partial charge in [0.05, 0.1) is 6.04 Å². The van der Waals surface area contributed by atoms with Gasteiger partial charge in [-0.1, -0.05) is 12.0 Å². The van der Waals surface area contributed by atoms with E-state index in [0.717, 1.165) is 32.5 Å². The summed E-state index contributed by atoms with van der Waals surface area (Å²) in [5.41, 5.74) is 0. The molecule has 2 unspecified atom stereocenters. The Hall–Kier alpha value is -1.14. The highest BCUT2D eigenvalue weighted by atomic mass is 16.4. The summed E-state index contributed by atoms with van der Waals surface area (Å²) in [6.45, 7) is 7.39. The molecule has 0 saturated carbocycles. The molecule has 2 rings (SSSR count). The van der Waals surface area contributed by atoms with Crippen molar-refractivity contribution in [3.8, 4) is 0 Å². The maximum absolute atomic E-state index is 5.82. The van der Waals surface area contributed by atoms with Crippen molar-refractivity contribution in [2.45, 2.75) is 38.8 Å². The number of aromatic nitrogens is 2. The average molecular weight is 267 g/mol. The van der Waals surface area contributed by atoms with E-state index in [-0.39, 0.29) is 6.04 Å². The molecule has 1 aromatic rings. The molecule has 6 heteroatoms. The molecule has 1 saturated heterocycles. The fourth-order valence-electron chi connectivity index (χ4n) is 2.49. The first-order valence-electron chi connectivity index (χ1n) is 7.11. The minimum Gasteiger partial charge on any atom is -0.406 e. The SMILES string of the molecule is CCC1CN(C)CCCN1c1nnc(C(C)NC)o1. The fourth-order valence-corrected chi connectivity index (χ4v) is 2.49. The largest absolute Gasteiger partial charge is 0.406 e. The predicted molar refractivity (Wildman–Crippen MR) is 75.3 cm³/mol. The minimum atomic E-state index is 0.0935. The van der Waals surface area contributed by atoms with Crippen LogP contribution in [0, 0.1) is 0 Å². The van der Waals surface area contributed by atoms with E-state index < -0.39 is 0 Å². The molecule has 1 aliphatic heterocycles. The molecule has 0 aliphatic carbocycles. The predicted octanol–water partition coefficient (Wildman–Crippen LogP) is 1.27. The Balaban J connectivity index is 2.16. The van der Waals surface area contributed by atoms with Crippen LogP contribution in [-0.2, 0) is 0 Å². The molecule has 1 N–H and O–H groups in total. The Morgan fingerprint density at radius 2 is 2.21 bits per heavy atom. The highest BCUT2D eigenvalue weighted by Gasteiger charge is 2.26. The molecule has 0 radical (unpaired) electrons. The van der Waals surface area contributed by atoms with Gasteiger partial charge in [-0.3, -0.25) is 0 Å². The van der Waals surface area contributed by atoms with Crippen LogP contribution in [0.25, 0.3) is 0 Å². The van der Waals surface area contributed by atoms with Crippen LogP contribution < -0.4 is 10.2 Å². The fraction of sp³-hybridized carbons (Fsp3) is 0.846. The van der Waals surface area contributed by atoms with Crippen molar-refractivity contribution in [3.63, 3.8) is 0 Å². The van der Waals surface area contributed by atoms with E-state index in [1.54, 1.807) is 0 Å². The van der Waals surface area contributed by atoms with Gasteiger partial charge in [0.15, 0.2) is 0 Å². The van der Waals surface area contributed by atoms with Crippen molar-refractivity contribution >= 4 is 6.01 Å². The third kappa shape index (κ3) is 3.25. The number of nitrogens with one attached hydrogen (secondary N) is 1. The number of nitrogens with zero attached hydrogens (tertiary/aromatic N) is 4. The first kappa shape index (κ1) is 14.3. The van der Waals surface area contributed by atoms with E-state index in [1.165, 1.54) is 0 Å². The van der Waals surface area contributed by atoms with Crippen molar-refractivity contribution in [1.82, 2.24) is 20.4 Å². The smallest absolute Gasteiger partial charge is 0.318 e. The Labute approximate surface area is 115 Å². The maximum atomic E-state index is 5.82. The van der Waals surface area contributed by atoms with E-state index in [9.17, 15) is 0 Å². The van der Waals surface area contributed by atoms with Crippen molar-refractivity contribution < 1.29 is 4.42 Å². The molecule has 1 aliphatic rings. The van der Waals surface area contributed by atoms with Crippen molar-refractivity contribution in [1.29, 1.82) is 0 Å². The van der Waals surface area contributed by atoms with Crippen molar-refractivity contribution in [3.05, 3.63) is 5.89 Å². The molecule has 0 aromatic carbocycles. The molecule has 6 nitrogen and oxygen atoms in total. The summed E-state index contributed by atoms with van der Waals surface area (Å²) in [7, 11) is 4.07. The lowest BCUT2D eigenvalue weighted by Crippen LogP contribution is -2.40. The lowest BCUT2D eigenvalue weighted by atomic mass is 10.2. The summed E-state index contributed by atoms with van der Waals surface area (Å²) in [4.78, 5) is 4.64. The van der Waals surface area contributed by atoms with Gasteiger partial charge in [0.1, 0.15) is 0 Å². The third-order valence-electron chi connectivity index (χ3n) is 3.85. The van der Waals surface area contributed by atoms with Crippen LogP contribution in [0.15, 0.2) is 4.42 Å². The maximum Gasteiger partial charge on any atom is 0.318 e. The van der Waals surface area contributed by atoms with Gasteiger partial charge in [-0.15, -0.1) is 5.10 Å². The molecule has 0 spiro atoms. The molecule has 0 bridgehead atoms. The number of anilines is 1. The lowest BCUT2D eigenvalue weighted by Gasteiger charge is -2.28. The quantitative estimate of drug-likeness (QED) is 0.886. The molecule has 0 amide bonds. The summed E-state index contributed by atoms with van der Waals surface area (Å²) in [6, 6.07) is 1.21. The van der Waals surface area contributed by atoms with Gasteiger partial charge >= 0.3 is 6.01 Å². The standard InChI is InChI=1S/C13H25N5O/c1-5-11-9-17(4)7-6-8-18(11)13-16-15-12(19-13)10(2)14-3/h10-11,14H,5-9H2,1-4H3. The Bertz CT molecular complexity index is 394. The first-order chi connectivity index (χ1) is 9.15. The highest BCUT2D eigenvalue weighted by Crippen LogP contribution is 2.22. The van der Waals surface area contributed by atoms with Gasteiger partial charge in [-0.2, -0.15) is 0 Å². The van der Waals surface area contributed by atoms with E-state index in [4.69, 9.17) is 4.42 Å². The topological polar surface area (TPSA) is 57.4 Å². The van der Waals surface area contributed by atoms with Gasteiger partial charge in [0.25, 0.3) is 0 Å². The van der Waals surface area contributed by atoms with Crippen molar-refractivity contribution in [2.24, 2.45) is 0 Å². The molecule has 2 heterocycles. The minimum absolute atomic E-state index is 0.0935. The van der Waals surface area contributed by atoms with Gasteiger partial charge < -0.3 is 19.5 Å². The molecular formula is C13H25N5O. The average Bonchev–Trinajstić information content (AvgIpc) is 2.82. The Kier molecular flexibility index (Phi) is 4.76. The van der Waals surface area contributed by atoms with Crippen LogP contribution in [0.5, 0.6) is 0 Å². The monoisotopic (exact) mass is 267 g/mol. The lowest BCUT2D eigenvalue weighted by molar-refractivity contribution is 0.324. The molecule has 2 atom stereocenters. The summed E-state index contributed by atoms with van der Waals surface area (Å²) >= 11 is 0. The number of likely N-dealkylation sites (N-methyl/N-ethyl adjacent to an activating group) is 1. The molecule has 19 heavy (non-hydrogen) atoms. The first-order valence-corrected chi connectivity index (χ1v) is 7.11. The zero-order valence-electron chi connectivity index (χ0n) is 12.4. The second-order valence-corrected chi connectivity index (χ2v) is 5.30. The van der Waals surface area contributed by atoms with Crippen LogP contribution in [0.4, 0.5) is 6.01 Å². The Morgan fingerprint density at radius 1 is 1.42 bits per heavy atom. The van der Waals surface area contributed by atoms with E-state index in [2.05, 4.69) is 39.3 Å². The highest BCUT2D eigenvalue weighted by molar-refractivity contribution is 5.27. The van der Waals surface area contributed by atoms with E-state index in [1.807, 2.05) is 14.0 Å². The van der Waals surface area contributed by atoms with Crippen LogP contribution in [0.3, 0.4) is 0 Å². The van der Waals surface area contributed by atoms with Crippen LogP contribution >= 0.6 is 0 Å². The van der Waals surface area contributed by atoms with Crippen LogP contribution in [-0.4, -0.2) is 54.9 Å². The number of hydrogen-bond donors (Lipinski definition) is 1. The van der Waals surface area contributed by atoms with Gasteiger partial charge in [0, 0.05) is 19.1 Å². The van der Waals surface area contributed by atoms with E-state index >= 15 is 0 Å². The zero-order valence-corrected chi connectivity index (χ0v) is 12.4. The zero-order chi connectivity index (χ0) is 13.8. The molecule has 1 aromatic heterocycles. The Morgan fingerprint density at radius 3 is 2.89 bits per heavy atom. The summed E-state index contributed by atoms with van der Waals surface area (Å²) in [5, 5.41) is 11.5. The van der Waals surface area contributed by atoms with Gasteiger partial charge in [0.2, 0.25) is 5.89 Å². The summed E-state index contributed by atoms with van der Waals surface area (Å²) in [6.07, 6.45) is 2.22. The summed E-state index contributed by atoms with van der Waals surface area (Å²) < 4.78 is 5.82. The second-order valence-electron chi connectivity index (χ2n) is 5.30. The second kappa shape index (κ2) is 6.34. The van der Waals surface area contributed by atoms with Gasteiger partial charge in [-0.05, 0) is 40.4 Å². The van der Waals surface area contributed by atoms with Gasteiger partial charge in [-0.25, -0.2) is 0 Å². The molecule has 108 valence electrons. The molecular weight excluding hydrogens is 242 g/mol. The number of hydrogen-bond acceptors (Lipinski definition) is 6. The number of rotatable bonds is 4. The normalized spacial score (nSPS) is 23.4. The van der Waals surface area contributed by atoms with Crippen LogP contribution in [0.1, 0.15) is 38.6 Å².